The maximum atomic E-state index is 11.4. The molecular weight excluding hydrogens is 222 g/mol. The average molecular weight is 240 g/mol. The number of hydrogen-bond donors (Lipinski definition) is 1. The van der Waals surface area contributed by atoms with Crippen molar-refractivity contribution in [1.82, 2.24) is 4.72 Å². The quantitative estimate of drug-likeness (QED) is 0.587. The molecular formula is C9H18ClNO2S. The predicted octanol–water partition coefficient (Wildman–Crippen LogP) is 1.75. The molecule has 0 fully saturated rings. The highest BCUT2D eigenvalue weighted by Crippen LogP contribution is 2.14. The normalized spacial score (nSPS) is 13.7. The van der Waals surface area contributed by atoms with Crippen molar-refractivity contribution in [3.8, 4) is 0 Å². The zero-order valence-corrected chi connectivity index (χ0v) is 10.5. The molecule has 84 valence electrons. The summed E-state index contributed by atoms with van der Waals surface area (Å²) in [6.45, 7) is 5.98. The van der Waals surface area contributed by atoms with Gasteiger partial charge in [0.25, 0.3) is 0 Å². The van der Waals surface area contributed by atoms with E-state index in [0.29, 0.717) is 12.4 Å². The van der Waals surface area contributed by atoms with E-state index in [1.165, 1.54) is 0 Å². The monoisotopic (exact) mass is 239 g/mol. The molecule has 3 nitrogen and oxygen atoms in total. The Balaban J connectivity index is 4.04. The largest absolute Gasteiger partial charge is 0.212 e. The highest BCUT2D eigenvalue weighted by molar-refractivity contribution is 7.89. The van der Waals surface area contributed by atoms with Crippen molar-refractivity contribution in [3.05, 3.63) is 12.2 Å². The summed E-state index contributed by atoms with van der Waals surface area (Å²) in [4.78, 5) is 0. The first-order valence-electron chi connectivity index (χ1n) is 4.45. The van der Waals surface area contributed by atoms with Crippen LogP contribution in [0.15, 0.2) is 12.2 Å². The van der Waals surface area contributed by atoms with Crippen molar-refractivity contribution in [3.63, 3.8) is 0 Å². The van der Waals surface area contributed by atoms with Crippen LogP contribution < -0.4 is 4.72 Å². The molecule has 0 unspecified atom stereocenters. The van der Waals surface area contributed by atoms with Gasteiger partial charge >= 0.3 is 0 Å². The fourth-order valence-corrected chi connectivity index (χ4v) is 2.66. The van der Waals surface area contributed by atoms with E-state index in [2.05, 4.69) is 4.72 Å². The van der Waals surface area contributed by atoms with Crippen LogP contribution in [0.25, 0.3) is 0 Å². The predicted molar refractivity (Wildman–Crippen MR) is 61.1 cm³/mol. The molecule has 0 heterocycles. The zero-order chi connectivity index (χ0) is 11.2. The summed E-state index contributed by atoms with van der Waals surface area (Å²) in [6, 6.07) is 0. The molecule has 0 radical (unpaired) electrons. The van der Waals surface area contributed by atoms with Gasteiger partial charge in [0.1, 0.15) is 0 Å². The van der Waals surface area contributed by atoms with E-state index < -0.39 is 10.0 Å². The molecule has 0 aliphatic carbocycles. The van der Waals surface area contributed by atoms with E-state index in [4.69, 9.17) is 11.6 Å². The smallest absolute Gasteiger partial charge is 0.212 e. The lowest BCUT2D eigenvalue weighted by Crippen LogP contribution is -2.32. The number of rotatable bonds is 5. The van der Waals surface area contributed by atoms with E-state index in [0.717, 1.165) is 0 Å². The van der Waals surface area contributed by atoms with Crippen molar-refractivity contribution in [2.45, 2.75) is 20.8 Å². The second-order valence-corrected chi connectivity index (χ2v) is 6.41. The number of halogens is 1. The highest BCUT2D eigenvalue weighted by Gasteiger charge is 2.20. The Hall–Kier alpha value is -0.0600. The van der Waals surface area contributed by atoms with Crippen LogP contribution >= 0.6 is 11.6 Å². The van der Waals surface area contributed by atoms with Gasteiger partial charge in [-0.15, -0.1) is 11.6 Å². The standard InChI is InChI=1S/C9H18ClNO2S/c1-9(2,3)8-14(12,13)11-7-5-4-6-10/h4-5,11H,6-8H2,1-3H3/b5-4+. The molecule has 0 saturated heterocycles. The third-order valence-electron chi connectivity index (χ3n) is 1.30. The number of allylic oxidation sites excluding steroid dienone is 1. The summed E-state index contributed by atoms with van der Waals surface area (Å²) < 4.78 is 25.3. The molecule has 0 aliphatic heterocycles. The number of sulfonamides is 1. The third-order valence-corrected chi connectivity index (χ3v) is 3.33. The van der Waals surface area contributed by atoms with Crippen LogP contribution in [-0.4, -0.2) is 26.6 Å². The molecule has 0 amide bonds. The molecule has 0 atom stereocenters. The first-order valence-corrected chi connectivity index (χ1v) is 6.64. The van der Waals surface area contributed by atoms with Gasteiger partial charge in [0.2, 0.25) is 10.0 Å². The molecule has 14 heavy (non-hydrogen) atoms. The van der Waals surface area contributed by atoms with Crippen molar-refractivity contribution < 1.29 is 8.42 Å². The first-order chi connectivity index (χ1) is 6.27. The van der Waals surface area contributed by atoms with Gasteiger partial charge in [-0.3, -0.25) is 0 Å². The fourth-order valence-electron chi connectivity index (χ4n) is 0.942. The second-order valence-electron chi connectivity index (χ2n) is 4.29. The Bertz CT molecular complexity index is 278. The topological polar surface area (TPSA) is 46.2 Å². The minimum Gasteiger partial charge on any atom is -0.212 e. The minimum absolute atomic E-state index is 0.134. The average Bonchev–Trinajstić information content (AvgIpc) is 1.93. The van der Waals surface area contributed by atoms with E-state index in [1.807, 2.05) is 20.8 Å². The molecule has 1 N–H and O–H groups in total. The number of nitrogens with one attached hydrogen (secondary N) is 1. The summed E-state index contributed by atoms with van der Waals surface area (Å²) in [6.07, 6.45) is 3.41. The minimum atomic E-state index is -3.16. The Kier molecular flexibility index (Phi) is 5.71. The zero-order valence-electron chi connectivity index (χ0n) is 8.88. The van der Waals surface area contributed by atoms with Gasteiger partial charge in [0, 0.05) is 12.4 Å². The number of hydrogen-bond acceptors (Lipinski definition) is 2. The summed E-state index contributed by atoms with van der Waals surface area (Å²) in [7, 11) is -3.16. The van der Waals surface area contributed by atoms with Gasteiger partial charge < -0.3 is 0 Å². The van der Waals surface area contributed by atoms with Crippen LogP contribution in [0.2, 0.25) is 0 Å². The van der Waals surface area contributed by atoms with Crippen molar-refractivity contribution in [1.29, 1.82) is 0 Å². The summed E-state index contributed by atoms with van der Waals surface area (Å²) in [5.41, 5.74) is -0.220. The van der Waals surface area contributed by atoms with Crippen molar-refractivity contribution in [2.24, 2.45) is 5.41 Å². The molecule has 0 spiro atoms. The lowest BCUT2D eigenvalue weighted by molar-refractivity contribution is 0.459. The summed E-state index contributed by atoms with van der Waals surface area (Å²) >= 11 is 5.39. The van der Waals surface area contributed by atoms with Crippen molar-refractivity contribution >= 4 is 21.6 Å². The van der Waals surface area contributed by atoms with E-state index in [1.54, 1.807) is 12.2 Å². The third kappa shape index (κ3) is 8.53. The van der Waals surface area contributed by atoms with Gasteiger partial charge in [0.15, 0.2) is 0 Å². The Morgan fingerprint density at radius 2 is 1.86 bits per heavy atom. The number of alkyl halides is 1. The molecule has 5 heteroatoms. The van der Waals surface area contributed by atoms with Crippen LogP contribution in [0.4, 0.5) is 0 Å². The molecule has 0 aromatic carbocycles. The SMILES string of the molecule is CC(C)(C)CS(=O)(=O)NC/C=C/CCl. The Morgan fingerprint density at radius 1 is 1.29 bits per heavy atom. The lowest BCUT2D eigenvalue weighted by Gasteiger charge is -2.17. The molecule has 0 aromatic rings. The van der Waals surface area contributed by atoms with Crippen LogP contribution in [0, 0.1) is 5.41 Å². The molecule has 0 aromatic heterocycles. The summed E-state index contributed by atoms with van der Waals surface area (Å²) in [5, 5.41) is 0. The Labute approximate surface area is 91.6 Å². The van der Waals surface area contributed by atoms with Gasteiger partial charge in [-0.05, 0) is 5.41 Å². The van der Waals surface area contributed by atoms with Crippen LogP contribution in [0.5, 0.6) is 0 Å². The van der Waals surface area contributed by atoms with Crippen LogP contribution in [0.3, 0.4) is 0 Å². The fraction of sp³-hybridized carbons (Fsp3) is 0.778. The maximum Gasteiger partial charge on any atom is 0.212 e. The molecule has 0 rings (SSSR count). The molecule has 0 aliphatic rings. The summed E-state index contributed by atoms with van der Waals surface area (Å²) in [5.74, 6) is 0.537. The first kappa shape index (κ1) is 13.9. The lowest BCUT2D eigenvalue weighted by atomic mass is 10.0. The van der Waals surface area contributed by atoms with Gasteiger partial charge in [-0.1, -0.05) is 32.9 Å². The van der Waals surface area contributed by atoms with Gasteiger partial charge in [-0.2, -0.15) is 0 Å². The van der Waals surface area contributed by atoms with Gasteiger partial charge in [-0.25, -0.2) is 13.1 Å². The van der Waals surface area contributed by atoms with Gasteiger partial charge in [0.05, 0.1) is 5.75 Å². The van der Waals surface area contributed by atoms with Crippen molar-refractivity contribution in [2.75, 3.05) is 18.2 Å². The second kappa shape index (κ2) is 5.73. The molecule has 0 bridgehead atoms. The van der Waals surface area contributed by atoms with Crippen LogP contribution in [0.1, 0.15) is 20.8 Å². The van der Waals surface area contributed by atoms with Crippen LogP contribution in [-0.2, 0) is 10.0 Å². The van der Waals surface area contributed by atoms with E-state index in [9.17, 15) is 8.42 Å². The van der Waals surface area contributed by atoms with E-state index in [-0.39, 0.29) is 11.2 Å². The van der Waals surface area contributed by atoms with E-state index >= 15 is 0 Å². The Morgan fingerprint density at radius 3 is 2.29 bits per heavy atom. The maximum absolute atomic E-state index is 11.4. The molecule has 0 saturated carbocycles. The highest BCUT2D eigenvalue weighted by atomic mass is 35.5.